The summed E-state index contributed by atoms with van der Waals surface area (Å²) in [6.07, 6.45) is 2.33. The van der Waals surface area contributed by atoms with E-state index < -0.39 is 0 Å². The van der Waals surface area contributed by atoms with Gasteiger partial charge in [-0.1, -0.05) is 29.8 Å². The quantitative estimate of drug-likeness (QED) is 0.828. The molecule has 0 radical (unpaired) electrons. The minimum atomic E-state index is 0.0172. The molecule has 18 heavy (non-hydrogen) atoms. The molecule has 0 spiro atoms. The molecule has 2 rings (SSSR count). The third-order valence-electron chi connectivity index (χ3n) is 2.76. The van der Waals surface area contributed by atoms with E-state index in [2.05, 4.69) is 20.3 Å². The Balaban J connectivity index is 2.28. The van der Waals surface area contributed by atoms with Gasteiger partial charge >= 0.3 is 0 Å². The summed E-state index contributed by atoms with van der Waals surface area (Å²) in [5.41, 5.74) is 1.03. The molecule has 0 N–H and O–H groups in total. The van der Waals surface area contributed by atoms with Crippen LogP contribution in [0, 0.1) is 0 Å². The van der Waals surface area contributed by atoms with Crippen molar-refractivity contribution in [2.75, 3.05) is 20.6 Å². The molecule has 1 heterocycles. The van der Waals surface area contributed by atoms with E-state index in [9.17, 15) is 0 Å². The van der Waals surface area contributed by atoms with Crippen molar-refractivity contribution >= 4 is 11.6 Å². The van der Waals surface area contributed by atoms with E-state index in [4.69, 9.17) is 11.6 Å². The molecule has 1 aromatic heterocycles. The van der Waals surface area contributed by atoms with Gasteiger partial charge in [0.05, 0.1) is 0 Å². The minimum Gasteiger partial charge on any atom is -0.309 e. The van der Waals surface area contributed by atoms with Crippen LogP contribution in [0.3, 0.4) is 0 Å². The molecule has 5 nitrogen and oxygen atoms in total. The van der Waals surface area contributed by atoms with Crippen LogP contribution in [0.1, 0.15) is 18.0 Å². The van der Waals surface area contributed by atoms with Gasteiger partial charge in [0.1, 0.15) is 6.04 Å². The highest BCUT2D eigenvalue weighted by molar-refractivity contribution is 6.31. The highest BCUT2D eigenvalue weighted by atomic mass is 35.5. The summed E-state index contributed by atoms with van der Waals surface area (Å²) < 4.78 is 0. The lowest BCUT2D eigenvalue weighted by Gasteiger charge is -2.19. The molecule has 96 valence electrons. The van der Waals surface area contributed by atoms with Crippen molar-refractivity contribution in [3.05, 3.63) is 41.2 Å². The lowest BCUT2D eigenvalue weighted by atomic mass is 10.0. The van der Waals surface area contributed by atoms with E-state index in [1.165, 1.54) is 6.33 Å². The smallest absolute Gasteiger partial charge is 0.162 e. The zero-order chi connectivity index (χ0) is 13.0. The molecule has 0 amide bonds. The second-order valence-corrected chi connectivity index (χ2v) is 4.79. The maximum atomic E-state index is 6.25. The summed E-state index contributed by atoms with van der Waals surface area (Å²) in [6, 6.07) is 7.80. The first kappa shape index (κ1) is 13.0. The van der Waals surface area contributed by atoms with Crippen LogP contribution >= 0.6 is 11.6 Å². The molecule has 0 fully saturated rings. The second kappa shape index (κ2) is 5.93. The summed E-state index contributed by atoms with van der Waals surface area (Å²) in [7, 11) is 4.08. The van der Waals surface area contributed by atoms with E-state index in [-0.39, 0.29) is 6.04 Å². The van der Waals surface area contributed by atoms with Gasteiger partial charge in [-0.3, -0.25) is 0 Å². The number of halogens is 1. The molecule has 1 unspecified atom stereocenters. The monoisotopic (exact) mass is 265 g/mol. The summed E-state index contributed by atoms with van der Waals surface area (Å²) in [6.45, 7) is 0.928. The van der Waals surface area contributed by atoms with Crippen LogP contribution < -0.4 is 0 Å². The third kappa shape index (κ3) is 3.05. The third-order valence-corrected chi connectivity index (χ3v) is 3.10. The Morgan fingerprint density at radius 1 is 1.33 bits per heavy atom. The van der Waals surface area contributed by atoms with Gasteiger partial charge in [-0.2, -0.15) is 4.80 Å². The van der Waals surface area contributed by atoms with E-state index >= 15 is 0 Å². The van der Waals surface area contributed by atoms with Crippen molar-refractivity contribution in [2.24, 2.45) is 0 Å². The van der Waals surface area contributed by atoms with Gasteiger partial charge in [0.25, 0.3) is 0 Å². The van der Waals surface area contributed by atoms with Gasteiger partial charge in [0.2, 0.25) is 0 Å². The van der Waals surface area contributed by atoms with Gasteiger partial charge in [-0.25, -0.2) is 0 Å². The Labute approximate surface area is 111 Å². The van der Waals surface area contributed by atoms with Crippen LogP contribution in [-0.2, 0) is 0 Å². The largest absolute Gasteiger partial charge is 0.309 e. The number of benzene rings is 1. The Hall–Kier alpha value is -1.46. The normalized spacial score (nSPS) is 12.9. The highest BCUT2D eigenvalue weighted by Gasteiger charge is 2.18. The fourth-order valence-corrected chi connectivity index (χ4v) is 2.10. The zero-order valence-electron chi connectivity index (χ0n) is 10.5. The number of rotatable bonds is 5. The van der Waals surface area contributed by atoms with Crippen LogP contribution in [0.25, 0.3) is 0 Å². The maximum absolute atomic E-state index is 6.25. The predicted molar refractivity (Wildman–Crippen MR) is 70.6 cm³/mol. The van der Waals surface area contributed by atoms with Gasteiger partial charge in [0, 0.05) is 5.02 Å². The molecular weight excluding hydrogens is 250 g/mol. The average molecular weight is 266 g/mol. The topological polar surface area (TPSA) is 46.8 Å². The number of hydrogen-bond acceptors (Lipinski definition) is 4. The standard InChI is InChI=1S/C12H16ClN5/c1-17(2)8-7-12(18-15-9-14-16-18)10-5-3-4-6-11(10)13/h3-6,9,12H,7-8H2,1-2H3. The molecule has 2 aromatic rings. The van der Waals surface area contributed by atoms with Crippen molar-refractivity contribution in [1.29, 1.82) is 0 Å². The highest BCUT2D eigenvalue weighted by Crippen LogP contribution is 2.27. The molecule has 1 aromatic carbocycles. The zero-order valence-corrected chi connectivity index (χ0v) is 11.2. The molecule has 0 aliphatic rings. The van der Waals surface area contributed by atoms with Crippen LogP contribution in [-0.4, -0.2) is 45.7 Å². The number of hydrogen-bond donors (Lipinski definition) is 0. The molecule has 0 bridgehead atoms. The Bertz CT molecular complexity index is 483. The first-order chi connectivity index (χ1) is 8.68. The van der Waals surface area contributed by atoms with Crippen molar-refractivity contribution in [1.82, 2.24) is 25.1 Å². The molecule has 0 saturated carbocycles. The summed E-state index contributed by atoms with van der Waals surface area (Å²) >= 11 is 6.25. The SMILES string of the molecule is CN(C)CCC(c1ccccc1Cl)n1ncnn1. The lowest BCUT2D eigenvalue weighted by molar-refractivity contribution is 0.339. The van der Waals surface area contributed by atoms with Crippen LogP contribution in [0.4, 0.5) is 0 Å². The van der Waals surface area contributed by atoms with E-state index in [0.29, 0.717) is 0 Å². The Morgan fingerprint density at radius 3 is 2.72 bits per heavy atom. The average Bonchev–Trinajstić information content (AvgIpc) is 2.85. The van der Waals surface area contributed by atoms with Crippen LogP contribution in [0.5, 0.6) is 0 Å². The number of aromatic nitrogens is 4. The number of tetrazole rings is 1. The van der Waals surface area contributed by atoms with Crippen LogP contribution in [0.15, 0.2) is 30.6 Å². The summed E-state index contributed by atoms with van der Waals surface area (Å²) in [5.74, 6) is 0. The van der Waals surface area contributed by atoms with E-state index in [1.807, 2.05) is 38.4 Å². The molecule has 6 heteroatoms. The van der Waals surface area contributed by atoms with Gasteiger partial charge in [0.15, 0.2) is 6.33 Å². The second-order valence-electron chi connectivity index (χ2n) is 4.39. The molecule has 0 aliphatic heterocycles. The van der Waals surface area contributed by atoms with Crippen molar-refractivity contribution < 1.29 is 0 Å². The van der Waals surface area contributed by atoms with Crippen molar-refractivity contribution in [3.8, 4) is 0 Å². The van der Waals surface area contributed by atoms with Crippen molar-refractivity contribution in [2.45, 2.75) is 12.5 Å². The molecule has 1 atom stereocenters. The first-order valence-corrected chi connectivity index (χ1v) is 6.18. The molecule has 0 aliphatic carbocycles. The fraction of sp³-hybridized carbons (Fsp3) is 0.417. The van der Waals surface area contributed by atoms with Crippen LogP contribution in [0.2, 0.25) is 5.02 Å². The number of nitrogens with zero attached hydrogens (tertiary/aromatic N) is 5. The van der Waals surface area contributed by atoms with E-state index in [1.54, 1.807) is 4.80 Å². The maximum Gasteiger partial charge on any atom is 0.162 e. The fourth-order valence-electron chi connectivity index (χ4n) is 1.84. The molecular formula is C12H16ClN5. The van der Waals surface area contributed by atoms with E-state index in [0.717, 1.165) is 23.6 Å². The Morgan fingerprint density at radius 2 is 2.11 bits per heavy atom. The first-order valence-electron chi connectivity index (χ1n) is 5.80. The van der Waals surface area contributed by atoms with Gasteiger partial charge in [-0.15, -0.1) is 10.2 Å². The van der Waals surface area contributed by atoms with Gasteiger partial charge in [-0.05, 0) is 43.9 Å². The summed E-state index contributed by atoms with van der Waals surface area (Å²) in [5, 5.41) is 12.6. The van der Waals surface area contributed by atoms with Gasteiger partial charge < -0.3 is 4.90 Å². The Kier molecular flexibility index (Phi) is 4.28. The lowest BCUT2D eigenvalue weighted by Crippen LogP contribution is -2.21. The van der Waals surface area contributed by atoms with Crippen molar-refractivity contribution in [3.63, 3.8) is 0 Å². The summed E-state index contributed by atoms with van der Waals surface area (Å²) in [4.78, 5) is 3.74. The predicted octanol–water partition coefficient (Wildman–Crippen LogP) is 1.87. The minimum absolute atomic E-state index is 0.0172. The molecule has 0 saturated heterocycles.